The number of nitrogens with zero attached hydrogens (tertiary/aromatic N) is 4. The van der Waals surface area contributed by atoms with Gasteiger partial charge in [0.1, 0.15) is 5.82 Å². The van der Waals surface area contributed by atoms with E-state index in [0.717, 1.165) is 23.1 Å². The monoisotopic (exact) mass is 463 g/mol. The van der Waals surface area contributed by atoms with Crippen LogP contribution in [0.1, 0.15) is 35.3 Å². The third-order valence-electron chi connectivity index (χ3n) is 5.91. The van der Waals surface area contributed by atoms with E-state index in [1.54, 1.807) is 17.0 Å². The summed E-state index contributed by atoms with van der Waals surface area (Å²) < 4.78 is 53.3. The van der Waals surface area contributed by atoms with Gasteiger partial charge in [0.05, 0.1) is 23.2 Å². The van der Waals surface area contributed by atoms with Gasteiger partial charge in [-0.05, 0) is 37.5 Å². The number of thiazole rings is 1. The molecule has 11 heteroatoms. The molecule has 0 aliphatic carbocycles. The molecule has 5 rings (SSSR count). The van der Waals surface area contributed by atoms with Crippen LogP contribution in [0.2, 0.25) is 0 Å². The molecule has 0 unspecified atom stereocenters. The second kappa shape index (κ2) is 7.80. The largest absolute Gasteiger partial charge is 0.434 e. The highest BCUT2D eigenvalue weighted by Gasteiger charge is 2.49. The number of carbonyl (C=O) groups is 1. The molecule has 3 aromatic rings. The minimum absolute atomic E-state index is 0.0450. The van der Waals surface area contributed by atoms with Crippen LogP contribution in [-0.2, 0) is 6.18 Å². The Morgan fingerprint density at radius 2 is 1.94 bits per heavy atom. The Kier molecular flexibility index (Phi) is 5.07. The maximum absolute atomic E-state index is 14.7. The summed E-state index contributed by atoms with van der Waals surface area (Å²) in [4.78, 5) is 27.0. The molecule has 0 saturated carbocycles. The summed E-state index contributed by atoms with van der Waals surface area (Å²) in [5.41, 5.74) is -0.723. The van der Waals surface area contributed by atoms with Crippen LogP contribution in [0.3, 0.4) is 0 Å². The van der Waals surface area contributed by atoms with Gasteiger partial charge in [-0.15, -0.1) is 11.3 Å². The second-order valence-electron chi connectivity index (χ2n) is 7.77. The van der Waals surface area contributed by atoms with E-state index in [1.807, 2.05) is 0 Å². The van der Waals surface area contributed by atoms with Gasteiger partial charge in [-0.3, -0.25) is 4.79 Å². The van der Waals surface area contributed by atoms with Gasteiger partial charge >= 0.3 is 6.18 Å². The van der Waals surface area contributed by atoms with Gasteiger partial charge in [-0.25, -0.2) is 19.3 Å². The fourth-order valence-electron chi connectivity index (χ4n) is 4.59. The number of amides is 1. The predicted molar refractivity (Wildman–Crippen MR) is 110 cm³/mol. The molecule has 1 N–H and O–H groups in total. The predicted octanol–water partition coefficient (Wildman–Crippen LogP) is 4.62. The van der Waals surface area contributed by atoms with Gasteiger partial charge in [-0.1, -0.05) is 6.07 Å². The number of aromatic nitrogens is 3. The SMILES string of the molecule is O=C(c1cccc(F)c1-c1ncccn1)N1[C@@H]2CC[C@H]1[C@H](Nc1nc(C(F)(F)F)cs1)C2. The van der Waals surface area contributed by atoms with Crippen LogP contribution in [0.5, 0.6) is 0 Å². The fraction of sp³-hybridized carbons (Fsp3) is 0.333. The Morgan fingerprint density at radius 1 is 1.16 bits per heavy atom. The summed E-state index contributed by atoms with van der Waals surface area (Å²) in [6.07, 6.45) is 0.534. The van der Waals surface area contributed by atoms with Crippen molar-refractivity contribution in [1.29, 1.82) is 0 Å². The highest BCUT2D eigenvalue weighted by atomic mass is 32.1. The van der Waals surface area contributed by atoms with Crippen LogP contribution in [0.25, 0.3) is 11.4 Å². The summed E-state index contributed by atoms with van der Waals surface area (Å²) in [6, 6.07) is 5.34. The first-order valence-corrected chi connectivity index (χ1v) is 10.9. The molecule has 166 valence electrons. The number of carbonyl (C=O) groups excluding carboxylic acids is 1. The number of benzene rings is 1. The van der Waals surface area contributed by atoms with Crippen molar-refractivity contribution in [1.82, 2.24) is 19.9 Å². The zero-order chi connectivity index (χ0) is 22.5. The fourth-order valence-corrected chi connectivity index (χ4v) is 5.37. The molecule has 1 amide bonds. The van der Waals surface area contributed by atoms with E-state index in [2.05, 4.69) is 20.3 Å². The van der Waals surface area contributed by atoms with Crippen LogP contribution in [-0.4, -0.2) is 43.9 Å². The molecule has 2 aliphatic heterocycles. The quantitative estimate of drug-likeness (QED) is 0.572. The Labute approximate surface area is 184 Å². The van der Waals surface area contributed by atoms with Crippen LogP contribution >= 0.6 is 11.3 Å². The van der Waals surface area contributed by atoms with E-state index in [1.165, 1.54) is 24.5 Å². The van der Waals surface area contributed by atoms with E-state index < -0.39 is 17.7 Å². The molecule has 32 heavy (non-hydrogen) atoms. The third-order valence-corrected chi connectivity index (χ3v) is 6.68. The summed E-state index contributed by atoms with van der Waals surface area (Å²) >= 11 is 0.887. The number of nitrogens with one attached hydrogen (secondary N) is 1. The van der Waals surface area contributed by atoms with Crippen molar-refractivity contribution in [3.8, 4) is 11.4 Å². The number of anilines is 1. The Bertz CT molecular complexity index is 1150. The minimum atomic E-state index is -4.50. The summed E-state index contributed by atoms with van der Waals surface area (Å²) in [6.45, 7) is 0. The molecule has 2 aliphatic rings. The first kappa shape index (κ1) is 20.8. The van der Waals surface area contributed by atoms with Crippen LogP contribution in [0.15, 0.2) is 42.0 Å². The molecular weight excluding hydrogens is 446 g/mol. The Hall–Kier alpha value is -3.08. The number of rotatable bonds is 4. The number of hydrogen-bond acceptors (Lipinski definition) is 6. The molecule has 2 saturated heterocycles. The standard InChI is InChI=1S/C21H17F4N5OS/c22-13-4-1-3-12(17(13)18-26-7-2-8-27-18)19(31)30-11-5-6-15(30)14(9-11)28-20-29-16(10-32-20)21(23,24)25/h1-4,7-8,10-11,14-15H,5-6,9H2,(H,28,29)/t11-,14-,15+/m1/s1. The van der Waals surface area contributed by atoms with E-state index in [0.29, 0.717) is 12.8 Å². The lowest BCUT2D eigenvalue weighted by Crippen LogP contribution is -2.40. The van der Waals surface area contributed by atoms with Gasteiger partial charge in [0.15, 0.2) is 16.6 Å². The smallest absolute Gasteiger partial charge is 0.357 e. The highest BCUT2D eigenvalue weighted by Crippen LogP contribution is 2.42. The van der Waals surface area contributed by atoms with Crippen LogP contribution < -0.4 is 5.32 Å². The molecular formula is C21H17F4N5OS. The molecule has 1 aromatic carbocycles. The number of alkyl halides is 3. The van der Waals surface area contributed by atoms with Gasteiger partial charge in [0.25, 0.3) is 5.91 Å². The molecule has 2 bridgehead atoms. The van der Waals surface area contributed by atoms with Gasteiger partial charge in [-0.2, -0.15) is 13.2 Å². The number of fused-ring (bicyclic) bond motifs is 2. The lowest BCUT2D eigenvalue weighted by atomic mass is 9.96. The highest BCUT2D eigenvalue weighted by molar-refractivity contribution is 7.13. The second-order valence-corrected chi connectivity index (χ2v) is 8.63. The van der Waals surface area contributed by atoms with Crippen molar-refractivity contribution in [3.63, 3.8) is 0 Å². The van der Waals surface area contributed by atoms with Crippen LogP contribution in [0, 0.1) is 5.82 Å². The lowest BCUT2D eigenvalue weighted by Gasteiger charge is -2.25. The average molecular weight is 463 g/mol. The number of halogens is 4. The molecule has 6 nitrogen and oxygen atoms in total. The molecule has 0 radical (unpaired) electrons. The Morgan fingerprint density at radius 3 is 2.66 bits per heavy atom. The average Bonchev–Trinajstić information content (AvgIpc) is 3.48. The van der Waals surface area contributed by atoms with Crippen LogP contribution in [0.4, 0.5) is 22.7 Å². The van der Waals surface area contributed by atoms with Crippen molar-refractivity contribution in [2.24, 2.45) is 0 Å². The van der Waals surface area contributed by atoms with Gasteiger partial charge < -0.3 is 10.2 Å². The maximum atomic E-state index is 14.7. The number of hydrogen-bond donors (Lipinski definition) is 1. The van der Waals surface area contributed by atoms with Gasteiger partial charge in [0.2, 0.25) is 0 Å². The third kappa shape index (κ3) is 3.60. The minimum Gasteiger partial charge on any atom is -0.357 e. The molecule has 2 aromatic heterocycles. The molecule has 4 heterocycles. The van der Waals surface area contributed by atoms with Gasteiger partial charge in [0, 0.05) is 23.8 Å². The maximum Gasteiger partial charge on any atom is 0.434 e. The van der Waals surface area contributed by atoms with Crippen molar-refractivity contribution in [2.75, 3.05) is 5.32 Å². The molecule has 3 atom stereocenters. The molecule has 0 spiro atoms. The zero-order valence-electron chi connectivity index (χ0n) is 16.5. The summed E-state index contributed by atoms with van der Waals surface area (Å²) in [5, 5.41) is 4.22. The van der Waals surface area contributed by atoms with Crippen molar-refractivity contribution in [3.05, 3.63) is 59.1 Å². The summed E-state index contributed by atoms with van der Waals surface area (Å²) in [7, 11) is 0. The first-order valence-electron chi connectivity index (χ1n) is 10.0. The lowest BCUT2D eigenvalue weighted by molar-refractivity contribution is -0.140. The Balaban J connectivity index is 1.41. The summed E-state index contributed by atoms with van der Waals surface area (Å²) in [5.74, 6) is -0.803. The first-order chi connectivity index (χ1) is 15.3. The van der Waals surface area contributed by atoms with Crippen molar-refractivity contribution < 1.29 is 22.4 Å². The topological polar surface area (TPSA) is 71.0 Å². The van der Waals surface area contributed by atoms with E-state index in [4.69, 9.17) is 0 Å². The van der Waals surface area contributed by atoms with E-state index in [9.17, 15) is 22.4 Å². The van der Waals surface area contributed by atoms with E-state index in [-0.39, 0.29) is 46.1 Å². The molecule has 2 fully saturated rings. The zero-order valence-corrected chi connectivity index (χ0v) is 17.3. The normalized spacial score (nSPS) is 22.4. The van der Waals surface area contributed by atoms with Crippen molar-refractivity contribution in [2.45, 2.75) is 43.6 Å². The van der Waals surface area contributed by atoms with Crippen molar-refractivity contribution >= 4 is 22.4 Å². The van der Waals surface area contributed by atoms with E-state index >= 15 is 0 Å².